The summed E-state index contributed by atoms with van der Waals surface area (Å²) in [4.78, 5) is 23.3. The average Bonchev–Trinajstić information content (AvgIpc) is 2.49. The normalized spacial score (nSPS) is 21.8. The maximum Gasteiger partial charge on any atom is 0.306 e. The Kier molecular flexibility index (Phi) is 5.37. The van der Waals surface area contributed by atoms with Crippen molar-refractivity contribution >= 4 is 17.6 Å². The molecule has 2 unspecified atom stereocenters. The first-order valence-electron chi connectivity index (χ1n) is 7.72. The molecule has 0 aromatic heterocycles. The monoisotopic (exact) mass is 289 g/mol. The van der Waals surface area contributed by atoms with Crippen LogP contribution in [0, 0.1) is 11.8 Å². The van der Waals surface area contributed by atoms with Crippen LogP contribution in [-0.2, 0) is 16.0 Å². The lowest BCUT2D eigenvalue weighted by Crippen LogP contribution is -2.30. The summed E-state index contributed by atoms with van der Waals surface area (Å²) in [6.07, 6.45) is 4.87. The molecule has 4 heteroatoms. The quantitative estimate of drug-likeness (QED) is 0.872. The number of carbonyl (C=O) groups is 2. The van der Waals surface area contributed by atoms with Crippen LogP contribution < -0.4 is 5.32 Å². The van der Waals surface area contributed by atoms with Gasteiger partial charge in [-0.1, -0.05) is 31.9 Å². The second-order valence-corrected chi connectivity index (χ2v) is 5.83. The Labute approximate surface area is 125 Å². The van der Waals surface area contributed by atoms with E-state index in [0.717, 1.165) is 31.4 Å². The molecule has 0 bridgehead atoms. The minimum Gasteiger partial charge on any atom is -0.481 e. The van der Waals surface area contributed by atoms with E-state index in [1.165, 1.54) is 5.56 Å². The van der Waals surface area contributed by atoms with Gasteiger partial charge in [0, 0.05) is 11.6 Å². The summed E-state index contributed by atoms with van der Waals surface area (Å²) in [5, 5.41) is 12.0. The molecule has 1 aliphatic carbocycles. The number of amides is 1. The van der Waals surface area contributed by atoms with Crippen LogP contribution in [0.25, 0.3) is 0 Å². The Bertz CT molecular complexity index is 495. The zero-order valence-electron chi connectivity index (χ0n) is 12.5. The number of carboxylic acid groups (broad SMARTS) is 1. The Morgan fingerprint density at radius 2 is 1.86 bits per heavy atom. The number of aliphatic carboxylic acids is 1. The third-order valence-electron chi connectivity index (χ3n) is 4.15. The predicted octanol–water partition coefficient (Wildman–Crippen LogP) is 3.47. The fourth-order valence-electron chi connectivity index (χ4n) is 2.94. The van der Waals surface area contributed by atoms with Crippen LogP contribution in [0.5, 0.6) is 0 Å². The first kappa shape index (κ1) is 15.5. The topological polar surface area (TPSA) is 66.4 Å². The lowest BCUT2D eigenvalue weighted by atomic mass is 9.81. The van der Waals surface area contributed by atoms with Crippen LogP contribution in [0.15, 0.2) is 24.3 Å². The van der Waals surface area contributed by atoms with Crippen LogP contribution in [0.3, 0.4) is 0 Å². The molecule has 1 saturated carbocycles. The third kappa shape index (κ3) is 4.31. The Hall–Kier alpha value is -1.84. The molecule has 0 radical (unpaired) electrons. The van der Waals surface area contributed by atoms with Gasteiger partial charge in [-0.25, -0.2) is 0 Å². The van der Waals surface area contributed by atoms with Crippen molar-refractivity contribution in [2.45, 2.75) is 45.4 Å². The van der Waals surface area contributed by atoms with Crippen molar-refractivity contribution in [1.29, 1.82) is 0 Å². The summed E-state index contributed by atoms with van der Waals surface area (Å²) in [5.74, 6) is -1.39. The molecule has 1 aromatic rings. The van der Waals surface area contributed by atoms with Crippen molar-refractivity contribution in [3.63, 3.8) is 0 Å². The number of nitrogens with one attached hydrogen (secondary N) is 1. The number of benzene rings is 1. The SMILES string of the molecule is CCCc1ccc(NC(=O)C2CCCC(C(=O)O)C2)cc1. The molecule has 21 heavy (non-hydrogen) atoms. The third-order valence-corrected chi connectivity index (χ3v) is 4.15. The second-order valence-electron chi connectivity index (χ2n) is 5.83. The van der Waals surface area contributed by atoms with Gasteiger partial charge in [0.05, 0.1) is 5.92 Å². The number of rotatable bonds is 5. The van der Waals surface area contributed by atoms with E-state index in [2.05, 4.69) is 12.2 Å². The van der Waals surface area contributed by atoms with Crippen molar-refractivity contribution in [2.24, 2.45) is 11.8 Å². The lowest BCUT2D eigenvalue weighted by Gasteiger charge is -2.25. The maximum atomic E-state index is 12.2. The van der Waals surface area contributed by atoms with E-state index in [0.29, 0.717) is 12.8 Å². The molecule has 1 aromatic carbocycles. The largest absolute Gasteiger partial charge is 0.481 e. The molecule has 1 amide bonds. The molecule has 2 N–H and O–H groups in total. The summed E-state index contributed by atoms with van der Waals surface area (Å²) in [6.45, 7) is 2.14. The van der Waals surface area contributed by atoms with Gasteiger partial charge in [-0.15, -0.1) is 0 Å². The molecule has 2 atom stereocenters. The van der Waals surface area contributed by atoms with Gasteiger partial charge in [0.15, 0.2) is 0 Å². The second kappa shape index (κ2) is 7.25. The molecular formula is C17H23NO3. The van der Waals surface area contributed by atoms with Gasteiger partial charge >= 0.3 is 5.97 Å². The predicted molar refractivity (Wildman–Crippen MR) is 82.2 cm³/mol. The van der Waals surface area contributed by atoms with E-state index < -0.39 is 5.97 Å². The molecule has 1 fully saturated rings. The smallest absolute Gasteiger partial charge is 0.306 e. The van der Waals surface area contributed by atoms with E-state index in [1.807, 2.05) is 24.3 Å². The Morgan fingerprint density at radius 1 is 1.19 bits per heavy atom. The summed E-state index contributed by atoms with van der Waals surface area (Å²) in [6, 6.07) is 7.89. The van der Waals surface area contributed by atoms with Crippen LogP contribution in [0.1, 0.15) is 44.6 Å². The summed E-state index contributed by atoms with van der Waals surface area (Å²) in [5.41, 5.74) is 2.05. The number of carbonyl (C=O) groups excluding carboxylic acids is 1. The van der Waals surface area contributed by atoms with Crippen LogP contribution in [0.4, 0.5) is 5.69 Å². The zero-order chi connectivity index (χ0) is 15.2. The fraction of sp³-hybridized carbons (Fsp3) is 0.529. The fourth-order valence-corrected chi connectivity index (χ4v) is 2.94. The average molecular weight is 289 g/mol. The van der Waals surface area contributed by atoms with Crippen molar-refractivity contribution in [1.82, 2.24) is 0 Å². The Morgan fingerprint density at radius 3 is 2.48 bits per heavy atom. The lowest BCUT2D eigenvalue weighted by molar-refractivity contribution is -0.143. The van der Waals surface area contributed by atoms with Gasteiger partial charge < -0.3 is 10.4 Å². The van der Waals surface area contributed by atoms with Crippen molar-refractivity contribution < 1.29 is 14.7 Å². The van der Waals surface area contributed by atoms with Crippen molar-refractivity contribution in [3.05, 3.63) is 29.8 Å². The zero-order valence-corrected chi connectivity index (χ0v) is 12.5. The van der Waals surface area contributed by atoms with Gasteiger partial charge in [0.1, 0.15) is 0 Å². The van der Waals surface area contributed by atoms with E-state index in [1.54, 1.807) is 0 Å². The van der Waals surface area contributed by atoms with E-state index >= 15 is 0 Å². The van der Waals surface area contributed by atoms with Crippen LogP contribution in [-0.4, -0.2) is 17.0 Å². The molecule has 4 nitrogen and oxygen atoms in total. The molecule has 114 valence electrons. The van der Waals surface area contributed by atoms with Gasteiger partial charge in [-0.2, -0.15) is 0 Å². The molecule has 2 rings (SSSR count). The highest BCUT2D eigenvalue weighted by atomic mass is 16.4. The van der Waals surface area contributed by atoms with Crippen LogP contribution >= 0.6 is 0 Å². The van der Waals surface area contributed by atoms with E-state index in [9.17, 15) is 9.59 Å². The minimum absolute atomic E-state index is 0.0517. The number of aryl methyl sites for hydroxylation is 1. The van der Waals surface area contributed by atoms with Gasteiger partial charge in [-0.3, -0.25) is 9.59 Å². The number of hydrogen-bond donors (Lipinski definition) is 2. The summed E-state index contributed by atoms with van der Waals surface area (Å²) >= 11 is 0. The molecule has 0 aliphatic heterocycles. The first-order chi connectivity index (χ1) is 10.1. The molecule has 0 spiro atoms. The minimum atomic E-state index is -0.781. The van der Waals surface area contributed by atoms with Crippen molar-refractivity contribution in [3.8, 4) is 0 Å². The highest BCUT2D eigenvalue weighted by molar-refractivity contribution is 5.93. The van der Waals surface area contributed by atoms with Crippen LogP contribution in [0.2, 0.25) is 0 Å². The van der Waals surface area contributed by atoms with E-state index in [4.69, 9.17) is 5.11 Å². The number of anilines is 1. The summed E-state index contributed by atoms with van der Waals surface area (Å²) < 4.78 is 0. The number of hydrogen-bond acceptors (Lipinski definition) is 2. The van der Waals surface area contributed by atoms with Gasteiger partial charge in [-0.05, 0) is 43.4 Å². The summed E-state index contributed by atoms with van der Waals surface area (Å²) in [7, 11) is 0. The Balaban J connectivity index is 1.92. The van der Waals surface area contributed by atoms with Crippen molar-refractivity contribution in [2.75, 3.05) is 5.32 Å². The van der Waals surface area contributed by atoms with Gasteiger partial charge in [0.2, 0.25) is 5.91 Å². The molecular weight excluding hydrogens is 266 g/mol. The molecule has 0 heterocycles. The first-order valence-corrected chi connectivity index (χ1v) is 7.72. The molecule has 1 aliphatic rings. The maximum absolute atomic E-state index is 12.2. The molecule has 0 saturated heterocycles. The standard InChI is InChI=1S/C17H23NO3/c1-2-4-12-7-9-15(10-8-12)18-16(19)13-5-3-6-14(11-13)17(20)21/h7-10,13-14H,2-6,11H2,1H3,(H,18,19)(H,20,21). The highest BCUT2D eigenvalue weighted by Gasteiger charge is 2.30. The number of carboxylic acids is 1. The highest BCUT2D eigenvalue weighted by Crippen LogP contribution is 2.30. The van der Waals surface area contributed by atoms with E-state index in [-0.39, 0.29) is 17.7 Å². The van der Waals surface area contributed by atoms with Gasteiger partial charge in [0.25, 0.3) is 0 Å².